The minimum absolute atomic E-state index is 0.0969. The third kappa shape index (κ3) is 3.07. The number of rotatable bonds is 5. The zero-order chi connectivity index (χ0) is 17.4. The number of aryl methyl sites for hydroxylation is 1. The van der Waals surface area contributed by atoms with Gasteiger partial charge >= 0.3 is 0 Å². The van der Waals surface area contributed by atoms with Gasteiger partial charge in [0.05, 0.1) is 11.7 Å². The van der Waals surface area contributed by atoms with Gasteiger partial charge in [-0.25, -0.2) is 0 Å². The minimum Gasteiger partial charge on any atom is -0.460 e. The topological polar surface area (TPSA) is 56.9 Å². The van der Waals surface area contributed by atoms with Crippen molar-refractivity contribution in [1.29, 1.82) is 0 Å². The Morgan fingerprint density at radius 3 is 2.84 bits per heavy atom. The van der Waals surface area contributed by atoms with Crippen LogP contribution >= 0.6 is 0 Å². The molecule has 2 aliphatic heterocycles. The van der Waals surface area contributed by atoms with Crippen LogP contribution in [0.5, 0.6) is 0 Å². The first kappa shape index (κ1) is 16.6. The second-order valence-corrected chi connectivity index (χ2v) is 7.30. The zero-order valence-corrected chi connectivity index (χ0v) is 14.8. The van der Waals surface area contributed by atoms with E-state index in [1.165, 1.54) is 0 Å². The summed E-state index contributed by atoms with van der Waals surface area (Å²) in [5, 5.41) is 10.4. The summed E-state index contributed by atoms with van der Waals surface area (Å²) in [5.74, 6) is 0.926. The number of aliphatic hydroxyl groups excluding tert-OH is 1. The molecule has 1 unspecified atom stereocenters. The average Bonchev–Trinajstić information content (AvgIpc) is 3.21. The van der Waals surface area contributed by atoms with Gasteiger partial charge in [-0.05, 0) is 18.9 Å². The molecular formula is C20H26N2O3. The van der Waals surface area contributed by atoms with Crippen LogP contribution in [0.2, 0.25) is 0 Å². The molecule has 1 amide bonds. The van der Waals surface area contributed by atoms with E-state index < -0.39 is 0 Å². The fourth-order valence-corrected chi connectivity index (χ4v) is 4.01. The number of amides is 1. The van der Waals surface area contributed by atoms with E-state index in [4.69, 9.17) is 4.42 Å². The third-order valence-electron chi connectivity index (χ3n) is 5.50. The second-order valence-electron chi connectivity index (χ2n) is 7.30. The van der Waals surface area contributed by atoms with E-state index in [0.29, 0.717) is 6.04 Å². The molecule has 3 heterocycles. The highest BCUT2D eigenvalue weighted by Crippen LogP contribution is 2.30. The van der Waals surface area contributed by atoms with E-state index in [0.717, 1.165) is 74.2 Å². The van der Waals surface area contributed by atoms with Crippen molar-refractivity contribution < 1.29 is 14.3 Å². The maximum absolute atomic E-state index is 13.2. The molecule has 1 aromatic heterocycles. The van der Waals surface area contributed by atoms with E-state index >= 15 is 0 Å². The highest BCUT2D eigenvalue weighted by atomic mass is 16.3. The van der Waals surface area contributed by atoms with Gasteiger partial charge in [0, 0.05) is 44.0 Å². The van der Waals surface area contributed by atoms with Crippen LogP contribution in [0, 0.1) is 0 Å². The zero-order valence-electron chi connectivity index (χ0n) is 14.8. The Balaban J connectivity index is 1.57. The van der Waals surface area contributed by atoms with Crippen molar-refractivity contribution in [2.45, 2.75) is 44.8 Å². The van der Waals surface area contributed by atoms with Crippen molar-refractivity contribution >= 4 is 16.9 Å². The molecule has 1 atom stereocenters. The van der Waals surface area contributed by atoms with Crippen LogP contribution in [-0.2, 0) is 6.42 Å². The van der Waals surface area contributed by atoms with Gasteiger partial charge in [0.1, 0.15) is 11.3 Å². The van der Waals surface area contributed by atoms with Crippen LogP contribution in [0.25, 0.3) is 11.0 Å². The number of hydrogen-bond donors (Lipinski definition) is 1. The maximum Gasteiger partial charge on any atom is 0.258 e. The smallest absolute Gasteiger partial charge is 0.258 e. The number of unbranched alkanes of at least 4 members (excludes halogenated alkanes) is 1. The number of hydrogen-bond acceptors (Lipinski definition) is 4. The van der Waals surface area contributed by atoms with E-state index in [1.54, 1.807) is 0 Å². The molecule has 1 N–H and O–H groups in total. The Bertz CT molecular complexity index is 763. The lowest BCUT2D eigenvalue weighted by Crippen LogP contribution is -2.56. The van der Waals surface area contributed by atoms with Crippen LogP contribution < -0.4 is 0 Å². The number of fused-ring (bicyclic) bond motifs is 1. The fourth-order valence-electron chi connectivity index (χ4n) is 4.01. The summed E-state index contributed by atoms with van der Waals surface area (Å²) < 4.78 is 6.01. The highest BCUT2D eigenvalue weighted by Gasteiger charge is 2.37. The van der Waals surface area contributed by atoms with Gasteiger partial charge in [-0.1, -0.05) is 31.5 Å². The lowest BCUT2D eigenvalue weighted by atomic mass is 10.1. The number of carbonyl (C=O) groups excluding carboxylic acids is 1. The summed E-state index contributed by atoms with van der Waals surface area (Å²) in [6, 6.07) is 8.22. The molecule has 5 nitrogen and oxygen atoms in total. The quantitative estimate of drug-likeness (QED) is 0.908. The molecule has 25 heavy (non-hydrogen) atoms. The highest BCUT2D eigenvalue weighted by molar-refractivity contribution is 6.07. The van der Waals surface area contributed by atoms with E-state index in [9.17, 15) is 9.90 Å². The Labute approximate surface area is 148 Å². The van der Waals surface area contributed by atoms with Gasteiger partial charge in [0.25, 0.3) is 5.91 Å². The molecule has 0 spiro atoms. The van der Waals surface area contributed by atoms with Gasteiger partial charge in [0.2, 0.25) is 0 Å². The number of para-hydroxylation sites is 1. The average molecular weight is 342 g/mol. The number of benzene rings is 1. The molecule has 0 bridgehead atoms. The molecule has 5 heteroatoms. The van der Waals surface area contributed by atoms with Gasteiger partial charge in [-0.15, -0.1) is 0 Å². The Hall–Kier alpha value is -1.85. The van der Waals surface area contributed by atoms with Crippen molar-refractivity contribution in [3.8, 4) is 0 Å². The number of β-amino-alcohol motifs (C(OH)–C–C–N with tert-alkyl or cyclic N) is 1. The van der Waals surface area contributed by atoms with E-state index in [2.05, 4.69) is 11.8 Å². The normalized spacial score (nSPS) is 21.8. The molecule has 0 radical (unpaired) electrons. The van der Waals surface area contributed by atoms with Crippen LogP contribution in [0.3, 0.4) is 0 Å². The molecule has 4 rings (SSSR count). The Morgan fingerprint density at radius 1 is 1.28 bits per heavy atom. The molecule has 0 saturated carbocycles. The van der Waals surface area contributed by atoms with Crippen LogP contribution in [0.4, 0.5) is 0 Å². The number of aliphatic hydroxyl groups is 1. The number of furan rings is 1. The minimum atomic E-state index is -0.191. The van der Waals surface area contributed by atoms with Gasteiger partial charge in [-0.3, -0.25) is 9.69 Å². The first-order chi connectivity index (χ1) is 12.2. The number of carbonyl (C=O) groups is 1. The molecule has 2 aromatic rings. The van der Waals surface area contributed by atoms with E-state index in [1.807, 2.05) is 29.2 Å². The first-order valence-corrected chi connectivity index (χ1v) is 9.39. The number of nitrogens with zero attached hydrogens (tertiary/aromatic N) is 2. The second kappa shape index (κ2) is 6.81. The summed E-state index contributed by atoms with van der Waals surface area (Å²) in [6.07, 6.45) is 3.70. The van der Waals surface area contributed by atoms with E-state index in [-0.39, 0.29) is 12.0 Å². The summed E-state index contributed by atoms with van der Waals surface area (Å²) in [6.45, 7) is 5.16. The van der Waals surface area contributed by atoms with Gasteiger partial charge in [0.15, 0.2) is 0 Å². The lowest BCUT2D eigenvalue weighted by Gasteiger charge is -2.40. The maximum atomic E-state index is 13.2. The molecule has 2 saturated heterocycles. The van der Waals surface area contributed by atoms with Crippen LogP contribution in [0.1, 0.15) is 42.3 Å². The third-order valence-corrected chi connectivity index (χ3v) is 5.50. The number of likely N-dealkylation sites (tertiary alicyclic amines) is 2. The van der Waals surface area contributed by atoms with Crippen LogP contribution in [-0.4, -0.2) is 59.1 Å². The predicted molar refractivity (Wildman–Crippen MR) is 96.7 cm³/mol. The predicted octanol–water partition coefficient (Wildman–Crippen LogP) is 2.67. The molecule has 1 aromatic carbocycles. The van der Waals surface area contributed by atoms with Crippen molar-refractivity contribution in [2.75, 3.05) is 26.2 Å². The van der Waals surface area contributed by atoms with Crippen molar-refractivity contribution in [3.05, 3.63) is 35.6 Å². The Morgan fingerprint density at radius 2 is 2.08 bits per heavy atom. The molecule has 134 valence electrons. The van der Waals surface area contributed by atoms with Crippen molar-refractivity contribution in [2.24, 2.45) is 0 Å². The largest absolute Gasteiger partial charge is 0.460 e. The van der Waals surface area contributed by atoms with Gasteiger partial charge in [-0.2, -0.15) is 0 Å². The molecule has 2 aliphatic rings. The monoisotopic (exact) mass is 342 g/mol. The Kier molecular flexibility index (Phi) is 4.52. The standard InChI is InChI=1S/C20H26N2O3/c1-2-3-7-18-19(16-6-4-5-8-17(16)25-18)20(24)21-10-9-14(11-21)22-12-15(23)13-22/h4-6,8,14-15,23H,2-3,7,9-13H2,1H3. The first-order valence-electron chi connectivity index (χ1n) is 9.39. The van der Waals surface area contributed by atoms with Crippen molar-refractivity contribution in [3.63, 3.8) is 0 Å². The van der Waals surface area contributed by atoms with Gasteiger partial charge < -0.3 is 14.4 Å². The molecular weight excluding hydrogens is 316 g/mol. The summed E-state index contributed by atoms with van der Waals surface area (Å²) >= 11 is 0. The summed E-state index contributed by atoms with van der Waals surface area (Å²) in [5.41, 5.74) is 1.56. The lowest BCUT2D eigenvalue weighted by molar-refractivity contribution is -0.0217. The summed E-state index contributed by atoms with van der Waals surface area (Å²) in [4.78, 5) is 17.5. The van der Waals surface area contributed by atoms with Crippen molar-refractivity contribution in [1.82, 2.24) is 9.80 Å². The molecule has 2 fully saturated rings. The fraction of sp³-hybridized carbons (Fsp3) is 0.550. The summed E-state index contributed by atoms with van der Waals surface area (Å²) in [7, 11) is 0. The molecule has 0 aliphatic carbocycles. The van der Waals surface area contributed by atoms with Crippen LogP contribution in [0.15, 0.2) is 28.7 Å². The SMILES string of the molecule is CCCCc1oc2ccccc2c1C(=O)N1CCC(N2CC(O)C2)C1.